The van der Waals surface area contributed by atoms with Crippen LogP contribution in [0.1, 0.15) is 12.8 Å². The third-order valence-electron chi connectivity index (χ3n) is 3.04. The van der Waals surface area contributed by atoms with Crippen LogP contribution in [-0.2, 0) is 4.79 Å². The molecule has 1 atom stereocenters. The Labute approximate surface area is 106 Å². The first kappa shape index (κ1) is 12.7. The quantitative estimate of drug-likeness (QED) is 0.848. The number of hydrogen-bond acceptors (Lipinski definition) is 4. The molecular weight excluding hydrogens is 232 g/mol. The molecule has 0 aliphatic carbocycles. The van der Waals surface area contributed by atoms with Gasteiger partial charge in [0.05, 0.1) is 25.9 Å². The maximum absolute atomic E-state index is 12.0. The van der Waals surface area contributed by atoms with E-state index in [1.165, 1.54) is 0 Å². The zero-order valence-electron chi connectivity index (χ0n) is 10.7. The number of carbonyl (C=O) groups excluding carboxylic acids is 1. The van der Waals surface area contributed by atoms with Gasteiger partial charge in [-0.1, -0.05) is 0 Å². The van der Waals surface area contributed by atoms with Crippen molar-refractivity contribution < 1.29 is 14.3 Å². The Kier molecular flexibility index (Phi) is 4.04. The number of ether oxygens (including phenoxy) is 2. The van der Waals surface area contributed by atoms with Crippen molar-refractivity contribution in [2.24, 2.45) is 0 Å². The van der Waals surface area contributed by atoms with Gasteiger partial charge in [0.2, 0.25) is 5.91 Å². The molecule has 5 heteroatoms. The van der Waals surface area contributed by atoms with Crippen LogP contribution in [0.2, 0.25) is 0 Å². The van der Waals surface area contributed by atoms with Crippen LogP contribution in [-0.4, -0.2) is 32.7 Å². The van der Waals surface area contributed by atoms with Crippen LogP contribution in [0.25, 0.3) is 0 Å². The van der Waals surface area contributed by atoms with Crippen LogP contribution in [0.15, 0.2) is 18.2 Å². The lowest BCUT2D eigenvalue weighted by Gasteiger charge is -2.14. The maximum Gasteiger partial charge on any atom is 0.241 e. The number of methoxy groups -OCH3 is 2. The van der Waals surface area contributed by atoms with Crippen molar-refractivity contribution in [3.05, 3.63) is 18.2 Å². The molecule has 2 rings (SSSR count). The van der Waals surface area contributed by atoms with Gasteiger partial charge in [-0.05, 0) is 31.5 Å². The van der Waals surface area contributed by atoms with Gasteiger partial charge < -0.3 is 20.1 Å². The van der Waals surface area contributed by atoms with Gasteiger partial charge in [-0.3, -0.25) is 4.79 Å². The van der Waals surface area contributed by atoms with Crippen molar-refractivity contribution in [2.75, 3.05) is 26.1 Å². The van der Waals surface area contributed by atoms with Gasteiger partial charge in [-0.2, -0.15) is 0 Å². The number of rotatable bonds is 4. The monoisotopic (exact) mass is 250 g/mol. The van der Waals surface area contributed by atoms with Gasteiger partial charge in [0.25, 0.3) is 0 Å². The zero-order chi connectivity index (χ0) is 13.0. The topological polar surface area (TPSA) is 59.6 Å². The average molecular weight is 250 g/mol. The van der Waals surface area contributed by atoms with Gasteiger partial charge >= 0.3 is 0 Å². The molecule has 0 spiro atoms. The van der Waals surface area contributed by atoms with E-state index in [2.05, 4.69) is 10.6 Å². The molecule has 1 saturated heterocycles. The summed E-state index contributed by atoms with van der Waals surface area (Å²) in [4.78, 5) is 12.0. The molecule has 18 heavy (non-hydrogen) atoms. The van der Waals surface area contributed by atoms with Gasteiger partial charge in [0, 0.05) is 6.07 Å². The first-order valence-corrected chi connectivity index (χ1v) is 6.01. The molecule has 98 valence electrons. The molecule has 5 nitrogen and oxygen atoms in total. The Hall–Kier alpha value is -1.75. The molecule has 2 N–H and O–H groups in total. The zero-order valence-corrected chi connectivity index (χ0v) is 10.7. The fraction of sp³-hybridized carbons (Fsp3) is 0.462. The maximum atomic E-state index is 12.0. The third-order valence-corrected chi connectivity index (χ3v) is 3.04. The molecular formula is C13H18N2O3. The fourth-order valence-corrected chi connectivity index (χ4v) is 2.03. The molecule has 1 aliphatic heterocycles. The van der Waals surface area contributed by atoms with E-state index in [1.807, 2.05) is 0 Å². The van der Waals surface area contributed by atoms with Gasteiger partial charge in [0.1, 0.15) is 11.5 Å². The minimum absolute atomic E-state index is 0.0176. The van der Waals surface area contributed by atoms with Crippen LogP contribution < -0.4 is 20.1 Å². The number of hydrogen-bond donors (Lipinski definition) is 2. The molecule has 0 radical (unpaired) electrons. The normalized spacial score (nSPS) is 18.4. The molecule has 1 aromatic carbocycles. The Balaban J connectivity index is 2.10. The standard InChI is InChI=1S/C13H18N2O3/c1-17-9-5-6-10(12(8-9)18-2)15-13(16)11-4-3-7-14-11/h5-6,8,11,14H,3-4,7H2,1-2H3,(H,15,16)/t11-/m0/s1. The summed E-state index contributed by atoms with van der Waals surface area (Å²) >= 11 is 0. The van der Waals surface area contributed by atoms with Crippen LogP contribution >= 0.6 is 0 Å². The number of anilines is 1. The van der Waals surface area contributed by atoms with Crippen LogP contribution in [0.4, 0.5) is 5.69 Å². The average Bonchev–Trinajstić information content (AvgIpc) is 2.93. The van der Waals surface area contributed by atoms with Crippen molar-refractivity contribution in [1.82, 2.24) is 5.32 Å². The van der Waals surface area contributed by atoms with Crippen molar-refractivity contribution in [1.29, 1.82) is 0 Å². The van der Waals surface area contributed by atoms with Crippen LogP contribution in [0, 0.1) is 0 Å². The molecule has 1 aromatic rings. The van der Waals surface area contributed by atoms with E-state index in [1.54, 1.807) is 32.4 Å². The first-order chi connectivity index (χ1) is 8.74. The van der Waals surface area contributed by atoms with E-state index < -0.39 is 0 Å². The summed E-state index contributed by atoms with van der Waals surface area (Å²) in [5, 5.41) is 6.03. The number of carbonyl (C=O) groups is 1. The van der Waals surface area contributed by atoms with E-state index in [4.69, 9.17) is 9.47 Å². The Morgan fingerprint density at radius 3 is 2.83 bits per heavy atom. The second-order valence-electron chi connectivity index (χ2n) is 4.20. The largest absolute Gasteiger partial charge is 0.497 e. The van der Waals surface area contributed by atoms with Crippen molar-refractivity contribution >= 4 is 11.6 Å². The molecule has 1 aliphatic rings. The fourth-order valence-electron chi connectivity index (χ4n) is 2.03. The van der Waals surface area contributed by atoms with Crippen LogP contribution in [0.3, 0.4) is 0 Å². The minimum atomic E-state index is -0.100. The van der Waals surface area contributed by atoms with E-state index in [9.17, 15) is 4.79 Å². The minimum Gasteiger partial charge on any atom is -0.497 e. The highest BCUT2D eigenvalue weighted by Crippen LogP contribution is 2.29. The van der Waals surface area contributed by atoms with E-state index >= 15 is 0 Å². The number of benzene rings is 1. The Morgan fingerprint density at radius 2 is 2.22 bits per heavy atom. The molecule has 0 saturated carbocycles. The molecule has 1 heterocycles. The summed E-state index contributed by atoms with van der Waals surface area (Å²) in [6, 6.07) is 5.22. The highest BCUT2D eigenvalue weighted by molar-refractivity contribution is 5.96. The van der Waals surface area contributed by atoms with Gasteiger partial charge in [-0.25, -0.2) is 0 Å². The lowest BCUT2D eigenvalue weighted by Crippen LogP contribution is -2.35. The van der Waals surface area contributed by atoms with E-state index in [0.717, 1.165) is 19.4 Å². The highest BCUT2D eigenvalue weighted by Gasteiger charge is 2.22. The summed E-state index contributed by atoms with van der Waals surface area (Å²) in [7, 11) is 3.16. The highest BCUT2D eigenvalue weighted by atomic mass is 16.5. The lowest BCUT2D eigenvalue weighted by molar-refractivity contribution is -0.117. The summed E-state index contributed by atoms with van der Waals surface area (Å²) in [5.41, 5.74) is 0.664. The Morgan fingerprint density at radius 1 is 1.39 bits per heavy atom. The predicted octanol–water partition coefficient (Wildman–Crippen LogP) is 1.39. The third kappa shape index (κ3) is 2.73. The molecule has 0 aromatic heterocycles. The van der Waals surface area contributed by atoms with Crippen molar-refractivity contribution in [2.45, 2.75) is 18.9 Å². The summed E-state index contributed by atoms with van der Waals surface area (Å²) in [5.74, 6) is 1.28. The summed E-state index contributed by atoms with van der Waals surface area (Å²) in [6.07, 6.45) is 1.92. The van der Waals surface area contributed by atoms with Gasteiger partial charge in [0.15, 0.2) is 0 Å². The Bertz CT molecular complexity index is 428. The van der Waals surface area contributed by atoms with Gasteiger partial charge in [-0.15, -0.1) is 0 Å². The SMILES string of the molecule is COc1ccc(NC(=O)[C@@H]2CCCN2)c(OC)c1. The second-order valence-corrected chi connectivity index (χ2v) is 4.20. The number of nitrogens with one attached hydrogen (secondary N) is 2. The lowest BCUT2D eigenvalue weighted by atomic mass is 10.2. The summed E-state index contributed by atoms with van der Waals surface area (Å²) < 4.78 is 10.3. The molecule has 1 amide bonds. The summed E-state index contributed by atoms with van der Waals surface area (Å²) in [6.45, 7) is 0.901. The van der Waals surface area contributed by atoms with E-state index in [0.29, 0.717) is 17.2 Å². The molecule has 0 unspecified atom stereocenters. The van der Waals surface area contributed by atoms with Crippen molar-refractivity contribution in [3.8, 4) is 11.5 Å². The molecule has 1 fully saturated rings. The van der Waals surface area contributed by atoms with Crippen LogP contribution in [0.5, 0.6) is 11.5 Å². The first-order valence-electron chi connectivity index (χ1n) is 6.01. The predicted molar refractivity (Wildman–Crippen MR) is 69.2 cm³/mol. The smallest absolute Gasteiger partial charge is 0.241 e. The molecule has 0 bridgehead atoms. The number of amides is 1. The second kappa shape index (κ2) is 5.73. The van der Waals surface area contributed by atoms with E-state index in [-0.39, 0.29) is 11.9 Å². The van der Waals surface area contributed by atoms with Crippen molar-refractivity contribution in [3.63, 3.8) is 0 Å².